The Morgan fingerprint density at radius 2 is 0.587 bits per heavy atom. The molecule has 0 unspecified atom stereocenters. The second-order valence-corrected chi connectivity index (χ2v) is 34.9. The summed E-state index contributed by atoms with van der Waals surface area (Å²) in [4.78, 5) is 29.0. The normalized spacial score (nSPS) is 14.9. The molecule has 4 saturated heterocycles. The molecule has 13 aromatic rings. The van der Waals surface area contributed by atoms with E-state index in [1.54, 1.807) is 65.2 Å². The highest BCUT2D eigenvalue weighted by Crippen LogP contribution is 2.39. The molecule has 4 aromatic heterocycles. The summed E-state index contributed by atoms with van der Waals surface area (Å²) >= 11 is 6.53. The van der Waals surface area contributed by atoms with Crippen LogP contribution in [-0.4, -0.2) is 187 Å². The monoisotopic (exact) mass is 1710 g/mol. The Balaban J connectivity index is 0.000000132. The van der Waals surface area contributed by atoms with Crippen LogP contribution >= 0.6 is 47.0 Å². The lowest BCUT2D eigenvalue weighted by Gasteiger charge is -2.26. The van der Waals surface area contributed by atoms with Gasteiger partial charge in [0, 0.05) is 78.3 Å². The van der Waals surface area contributed by atoms with E-state index in [1.807, 2.05) is 85.1 Å². The molecule has 0 saturated carbocycles. The van der Waals surface area contributed by atoms with E-state index >= 15 is 0 Å². The molecule has 121 heavy (non-hydrogen) atoms. The Bertz CT molecular complexity index is 5150. The maximum Gasteiger partial charge on any atom is 0.173 e. The first-order valence-electron chi connectivity index (χ1n) is 43.5. The summed E-state index contributed by atoms with van der Waals surface area (Å²) < 4.78 is 73.1. The van der Waals surface area contributed by atoms with Crippen molar-refractivity contribution in [2.75, 3.05) is 129 Å². The maximum absolute atomic E-state index is 13.6. The van der Waals surface area contributed by atoms with Gasteiger partial charge in [-0.2, -0.15) is 0 Å². The number of halogens is 3. The summed E-state index contributed by atoms with van der Waals surface area (Å²) in [6, 6.07) is 68.0. The maximum atomic E-state index is 13.6. The van der Waals surface area contributed by atoms with Crippen LogP contribution in [0.1, 0.15) is 117 Å². The highest BCUT2D eigenvalue weighted by atomic mass is 32.2. The zero-order valence-corrected chi connectivity index (χ0v) is 73.8. The number of piperidine rings is 4. The van der Waals surface area contributed by atoms with E-state index in [-0.39, 0.29) is 17.5 Å². The van der Waals surface area contributed by atoms with Gasteiger partial charge in [-0.15, -0.1) is 0 Å². The Morgan fingerprint density at radius 1 is 0.306 bits per heavy atom. The molecule has 0 N–H and O–H groups in total. The Morgan fingerprint density at radius 3 is 0.893 bits per heavy atom. The minimum absolute atomic E-state index is 0.261. The van der Waals surface area contributed by atoms with E-state index in [0.717, 1.165) is 195 Å². The quantitative estimate of drug-likeness (QED) is 0.0293. The summed E-state index contributed by atoms with van der Waals surface area (Å²) in [5, 5.41) is 3.57. The molecule has 9 aromatic carbocycles. The molecule has 4 aliphatic rings. The molecule has 17 rings (SSSR count). The average molecular weight is 1710 g/mol. The number of ether oxygens (including phenoxy) is 4. The number of hydrogen-bond acceptors (Lipinski definition) is 16. The molecule has 0 aliphatic carbocycles. The summed E-state index contributed by atoms with van der Waals surface area (Å²) in [6.45, 7) is 21.5. The van der Waals surface area contributed by atoms with Crippen molar-refractivity contribution in [1.82, 2.24) is 57.8 Å². The third-order valence-electron chi connectivity index (χ3n) is 22.3. The first kappa shape index (κ1) is 88.2. The number of imidazole rings is 4. The third-order valence-corrected chi connectivity index (χ3v) is 25.3. The third kappa shape index (κ3) is 24.4. The van der Waals surface area contributed by atoms with Gasteiger partial charge >= 0.3 is 0 Å². The van der Waals surface area contributed by atoms with Crippen LogP contribution in [0.2, 0.25) is 0 Å². The van der Waals surface area contributed by atoms with Crippen molar-refractivity contribution in [3.63, 3.8) is 0 Å². The van der Waals surface area contributed by atoms with Gasteiger partial charge in [0.15, 0.2) is 20.6 Å². The van der Waals surface area contributed by atoms with Crippen molar-refractivity contribution in [1.29, 1.82) is 0 Å². The van der Waals surface area contributed by atoms with Crippen molar-refractivity contribution in [2.24, 2.45) is 0 Å². The second-order valence-electron chi connectivity index (χ2n) is 30.9. The van der Waals surface area contributed by atoms with Gasteiger partial charge < -0.3 is 38.5 Å². The van der Waals surface area contributed by atoms with Crippen LogP contribution in [0.25, 0.3) is 78.4 Å². The van der Waals surface area contributed by atoms with Gasteiger partial charge in [-0.25, -0.2) is 33.1 Å². The number of thioether (sulfide) groups is 4. The highest BCUT2D eigenvalue weighted by molar-refractivity contribution is 7.99. The van der Waals surface area contributed by atoms with Crippen LogP contribution in [0, 0.1) is 17.5 Å². The minimum Gasteiger partial charge on any atom is -0.494 e. The molecule has 636 valence electrons. The second kappa shape index (κ2) is 45.8. The van der Waals surface area contributed by atoms with Crippen molar-refractivity contribution < 1.29 is 32.1 Å². The van der Waals surface area contributed by atoms with Gasteiger partial charge in [-0.05, 0) is 287 Å². The van der Waals surface area contributed by atoms with Gasteiger partial charge in [-0.1, -0.05) is 147 Å². The molecular weight excluding hydrogens is 1590 g/mol. The van der Waals surface area contributed by atoms with Crippen molar-refractivity contribution in [2.45, 2.75) is 137 Å². The molecule has 16 nitrogen and oxygen atoms in total. The molecule has 4 fully saturated rings. The van der Waals surface area contributed by atoms with Crippen molar-refractivity contribution in [3.05, 3.63) is 230 Å². The van der Waals surface area contributed by atoms with Crippen LogP contribution in [-0.2, 0) is 0 Å². The van der Waals surface area contributed by atoms with Gasteiger partial charge in [0.1, 0.15) is 40.4 Å². The van der Waals surface area contributed by atoms with Crippen LogP contribution in [0.15, 0.2) is 233 Å². The summed E-state index contributed by atoms with van der Waals surface area (Å²) in [5.41, 5.74) is 13.2. The summed E-state index contributed by atoms with van der Waals surface area (Å²) in [7, 11) is 0. The Hall–Kier alpha value is -9.17. The molecule has 0 spiro atoms. The topological polar surface area (TPSA) is 121 Å². The van der Waals surface area contributed by atoms with Gasteiger partial charge in [0.25, 0.3) is 0 Å². The van der Waals surface area contributed by atoms with Crippen LogP contribution in [0.4, 0.5) is 13.2 Å². The van der Waals surface area contributed by atoms with E-state index in [0.29, 0.717) is 16.6 Å². The molecule has 4 aliphatic heterocycles. The number of aromatic nitrogens is 8. The molecule has 0 atom stereocenters. The minimum atomic E-state index is -0.266. The van der Waals surface area contributed by atoms with Gasteiger partial charge in [0.05, 0.1) is 70.9 Å². The number of hydrogen-bond donors (Lipinski definition) is 0. The molecule has 8 heterocycles. The predicted molar refractivity (Wildman–Crippen MR) is 495 cm³/mol. The fourth-order valence-corrected chi connectivity index (χ4v) is 18.9. The largest absolute Gasteiger partial charge is 0.494 e. The lowest BCUT2D eigenvalue weighted by Crippen LogP contribution is -2.31. The first-order valence-corrected chi connectivity index (χ1v) is 47.9. The molecule has 23 heteroatoms. The molecule has 0 amide bonds. The van der Waals surface area contributed by atoms with Crippen molar-refractivity contribution in [3.8, 4) is 68.3 Å². The summed E-state index contributed by atoms with van der Waals surface area (Å²) in [6.07, 6.45) is 24.4. The molecule has 0 radical (unpaired) electrons. The summed E-state index contributed by atoms with van der Waals surface area (Å²) in [5.74, 6) is 4.59. The van der Waals surface area contributed by atoms with E-state index in [4.69, 9.17) is 23.9 Å². The standard InChI is InChI=1S/C30H33N3OS.2C23H28FN3OS.C22H26FN3OS/c1-35-30-31-28(24-12-5-2-6-13-24)29(25-14-7-3-8-15-25)33(30)26-16-18-27(19-17-26)34-23-11-22-32-20-9-4-10-21-32;2*1-2-29-23-25-21-17-18(24)7-12-22(21)27(23)19-8-10-20(11-9-19)28-16-6-15-26-13-4-3-5-14-26;1-28-22-24-20-16-17(23)6-11-21(20)26(22)18-7-9-19(10-8-18)27-15-5-14-25-12-3-2-4-13-25/h2-3,5-8,12-19H,4,9-11,20-23H2,1H3;2*7-12,17H,2-6,13-16H2,1H3;6-11,16H,2-5,12-15H2,1H3. The van der Waals surface area contributed by atoms with E-state index in [2.05, 4.69) is 152 Å². The number of benzene rings is 9. The Labute approximate surface area is 729 Å². The Kier molecular flexibility index (Phi) is 33.4. The first-order chi connectivity index (χ1) is 59.6. The molecule has 0 bridgehead atoms. The highest BCUT2D eigenvalue weighted by Gasteiger charge is 2.24. The zero-order valence-electron chi connectivity index (χ0n) is 70.5. The predicted octanol–water partition coefficient (Wildman–Crippen LogP) is 23.4. The number of likely N-dealkylation sites (tertiary alicyclic amines) is 4. The fraction of sp³-hybridized carbons (Fsp3) is 0.388. The van der Waals surface area contributed by atoms with Gasteiger partial charge in [0.2, 0.25) is 0 Å². The number of fused-ring (bicyclic) bond motifs is 3. The number of nitrogens with zero attached hydrogens (tertiary/aromatic N) is 12. The smallest absolute Gasteiger partial charge is 0.173 e. The van der Waals surface area contributed by atoms with Crippen molar-refractivity contribution >= 4 is 80.1 Å². The van der Waals surface area contributed by atoms with Gasteiger partial charge in [-0.3, -0.25) is 18.3 Å². The lowest BCUT2D eigenvalue weighted by atomic mass is 10.0. The lowest BCUT2D eigenvalue weighted by molar-refractivity contribution is 0.205. The van der Waals surface area contributed by atoms with E-state index < -0.39 is 0 Å². The molecular formula is C98H115F3N12O4S4. The van der Waals surface area contributed by atoms with Crippen LogP contribution < -0.4 is 18.9 Å². The average Bonchev–Trinajstić information content (AvgIpc) is 1.51. The zero-order chi connectivity index (χ0) is 83.3. The fourth-order valence-electron chi connectivity index (χ4n) is 16.3. The van der Waals surface area contributed by atoms with E-state index in [9.17, 15) is 13.2 Å². The van der Waals surface area contributed by atoms with Crippen LogP contribution in [0.5, 0.6) is 23.0 Å². The van der Waals surface area contributed by atoms with E-state index in [1.165, 1.54) is 166 Å². The number of rotatable bonds is 32. The van der Waals surface area contributed by atoms with Crippen LogP contribution in [0.3, 0.4) is 0 Å². The SMILES string of the molecule is CCSc1nc2cc(F)ccc2n1-c1ccc(OCCCN2CCCCC2)cc1.CCSc1nc2cc(F)ccc2n1-c1ccc(OCCCN2CCCCC2)cc1.CSc1nc(-c2ccccc2)c(-c2ccccc2)n1-c1ccc(OCCCN2CCCCC2)cc1.CSc1nc2cc(F)ccc2n1-c1ccc(OCCCN2CCCCC2)cc1.